The Balaban J connectivity index is 1.40. The fourth-order valence-corrected chi connectivity index (χ4v) is 4.33. The molecule has 3 aliphatic heterocycles. The van der Waals surface area contributed by atoms with Crippen LogP contribution < -0.4 is 16.4 Å². The minimum atomic E-state index is -1.04. The first-order chi connectivity index (χ1) is 15.2. The average molecular weight is 441 g/mol. The largest absolute Gasteiger partial charge is 0.369 e. The van der Waals surface area contributed by atoms with Crippen molar-refractivity contribution in [2.45, 2.75) is 31.7 Å². The molecule has 2 saturated heterocycles. The van der Waals surface area contributed by atoms with E-state index in [2.05, 4.69) is 10.6 Å². The Kier molecular flexibility index (Phi) is 5.74. The van der Waals surface area contributed by atoms with E-state index in [0.29, 0.717) is 31.6 Å². The number of nitrogens with zero attached hydrogens (tertiary/aromatic N) is 2. The molecule has 0 spiro atoms. The van der Waals surface area contributed by atoms with Gasteiger partial charge in [0, 0.05) is 18.0 Å². The van der Waals surface area contributed by atoms with Crippen molar-refractivity contribution in [2.75, 3.05) is 25.0 Å². The molecule has 168 valence electrons. The average Bonchev–Trinajstić information content (AvgIpc) is 2.98. The molecule has 0 aromatic heterocycles. The second-order valence-electron chi connectivity index (χ2n) is 8.21. The Morgan fingerprint density at radius 3 is 2.38 bits per heavy atom. The number of piperidine rings is 2. The highest BCUT2D eigenvalue weighted by Crippen LogP contribution is 2.29. The third kappa shape index (κ3) is 4.11. The quantitative estimate of drug-likeness (QED) is 0.506. The van der Waals surface area contributed by atoms with Crippen LogP contribution in [0.3, 0.4) is 0 Å². The summed E-state index contributed by atoms with van der Waals surface area (Å²) in [6.07, 6.45) is 1.33. The first kappa shape index (κ1) is 21.6. The van der Waals surface area contributed by atoms with E-state index in [9.17, 15) is 28.8 Å². The first-order valence-corrected chi connectivity index (χ1v) is 10.4. The van der Waals surface area contributed by atoms with Gasteiger partial charge in [0.2, 0.25) is 23.6 Å². The number of imide groups is 2. The summed E-state index contributed by atoms with van der Waals surface area (Å²) in [6, 6.07) is 3.34. The molecule has 6 amide bonds. The molecule has 3 heterocycles. The van der Waals surface area contributed by atoms with Crippen molar-refractivity contribution >= 4 is 41.1 Å². The number of primary amides is 1. The fraction of sp³-hybridized carbons (Fsp3) is 0.429. The molecule has 1 aromatic rings. The number of nitrogens with one attached hydrogen (secondary N) is 2. The maximum atomic E-state index is 12.9. The molecule has 11 heteroatoms. The van der Waals surface area contributed by atoms with Crippen LogP contribution in [0, 0.1) is 5.92 Å². The summed E-state index contributed by atoms with van der Waals surface area (Å²) in [5.41, 5.74) is 5.92. The van der Waals surface area contributed by atoms with Gasteiger partial charge in [-0.05, 0) is 50.6 Å². The van der Waals surface area contributed by atoms with E-state index in [1.54, 1.807) is 0 Å². The van der Waals surface area contributed by atoms with Gasteiger partial charge in [0.15, 0.2) is 0 Å². The number of nitrogens with two attached hydrogens (primary N) is 1. The van der Waals surface area contributed by atoms with Crippen molar-refractivity contribution in [1.82, 2.24) is 15.1 Å². The summed E-state index contributed by atoms with van der Waals surface area (Å²) < 4.78 is 0. The van der Waals surface area contributed by atoms with Gasteiger partial charge in [-0.15, -0.1) is 0 Å². The van der Waals surface area contributed by atoms with Gasteiger partial charge in [-0.1, -0.05) is 0 Å². The number of hydrogen-bond acceptors (Lipinski definition) is 7. The molecular formula is C21H23N5O6. The van der Waals surface area contributed by atoms with Gasteiger partial charge in [-0.2, -0.15) is 0 Å². The number of carbonyl (C=O) groups is 6. The van der Waals surface area contributed by atoms with Crippen molar-refractivity contribution in [1.29, 1.82) is 0 Å². The van der Waals surface area contributed by atoms with Crippen LogP contribution in [0.15, 0.2) is 18.2 Å². The van der Waals surface area contributed by atoms with Crippen molar-refractivity contribution < 1.29 is 28.8 Å². The van der Waals surface area contributed by atoms with Gasteiger partial charge in [-0.3, -0.25) is 43.9 Å². The summed E-state index contributed by atoms with van der Waals surface area (Å²) in [4.78, 5) is 75.6. The van der Waals surface area contributed by atoms with Gasteiger partial charge in [0.1, 0.15) is 6.04 Å². The molecule has 32 heavy (non-hydrogen) atoms. The fourth-order valence-electron chi connectivity index (χ4n) is 4.33. The van der Waals surface area contributed by atoms with Crippen LogP contribution in [0.2, 0.25) is 0 Å². The van der Waals surface area contributed by atoms with Gasteiger partial charge < -0.3 is 11.1 Å². The molecular weight excluding hydrogens is 418 g/mol. The highest BCUT2D eigenvalue weighted by Gasteiger charge is 2.44. The lowest BCUT2D eigenvalue weighted by atomic mass is 9.96. The summed E-state index contributed by atoms with van der Waals surface area (Å²) in [7, 11) is 0. The van der Waals surface area contributed by atoms with Gasteiger partial charge in [0.25, 0.3) is 11.8 Å². The normalized spacial score (nSPS) is 22.0. The highest BCUT2D eigenvalue weighted by molar-refractivity contribution is 6.23. The van der Waals surface area contributed by atoms with Crippen molar-refractivity contribution in [3.8, 4) is 0 Å². The van der Waals surface area contributed by atoms with E-state index in [4.69, 9.17) is 5.73 Å². The molecule has 1 unspecified atom stereocenters. The third-order valence-corrected chi connectivity index (χ3v) is 6.08. The summed E-state index contributed by atoms with van der Waals surface area (Å²) in [6.45, 7) is 1.29. The molecule has 0 saturated carbocycles. The molecule has 11 nitrogen and oxygen atoms in total. The van der Waals surface area contributed by atoms with E-state index in [-0.39, 0.29) is 48.2 Å². The summed E-state index contributed by atoms with van der Waals surface area (Å²) >= 11 is 0. The van der Waals surface area contributed by atoms with Crippen molar-refractivity contribution in [3.63, 3.8) is 0 Å². The summed E-state index contributed by atoms with van der Waals surface area (Å²) in [5, 5.41) is 4.87. The third-order valence-electron chi connectivity index (χ3n) is 6.08. The van der Waals surface area contributed by atoms with Crippen LogP contribution in [0.25, 0.3) is 0 Å². The molecule has 3 aliphatic rings. The molecule has 1 atom stereocenters. The lowest BCUT2D eigenvalue weighted by molar-refractivity contribution is -0.136. The number of likely N-dealkylation sites (tertiary alicyclic amines) is 1. The van der Waals surface area contributed by atoms with Crippen LogP contribution in [0.1, 0.15) is 46.4 Å². The highest BCUT2D eigenvalue weighted by atomic mass is 16.2. The smallest absolute Gasteiger partial charge is 0.262 e. The van der Waals surface area contributed by atoms with Crippen LogP contribution in [0.4, 0.5) is 5.69 Å². The minimum absolute atomic E-state index is 0.0435. The Morgan fingerprint density at radius 1 is 1.03 bits per heavy atom. The van der Waals surface area contributed by atoms with E-state index >= 15 is 0 Å². The minimum Gasteiger partial charge on any atom is -0.369 e. The standard InChI is InChI=1S/C21H23N5O6/c22-18(29)11-5-7-25(8-6-11)10-17(28)23-12-1-2-13-14(9-12)21(32)26(20(13)31)15-3-4-16(27)24-19(15)30/h1-2,9,11,15H,3-8,10H2,(H2,22,29)(H,23,28)(H,24,27,30). The zero-order chi connectivity index (χ0) is 23.0. The monoisotopic (exact) mass is 441 g/mol. The first-order valence-electron chi connectivity index (χ1n) is 10.4. The maximum absolute atomic E-state index is 12.9. The zero-order valence-electron chi connectivity index (χ0n) is 17.3. The van der Waals surface area contributed by atoms with Gasteiger partial charge in [-0.25, -0.2) is 0 Å². The number of carbonyl (C=O) groups excluding carboxylic acids is 6. The lowest BCUT2D eigenvalue weighted by Gasteiger charge is -2.29. The number of amides is 6. The molecule has 1 aromatic carbocycles. The van der Waals surface area contributed by atoms with Crippen LogP contribution >= 0.6 is 0 Å². The van der Waals surface area contributed by atoms with Crippen LogP contribution in [0.5, 0.6) is 0 Å². The second-order valence-corrected chi connectivity index (χ2v) is 8.21. The van der Waals surface area contributed by atoms with Gasteiger partial charge >= 0.3 is 0 Å². The van der Waals surface area contributed by atoms with Crippen molar-refractivity contribution in [2.24, 2.45) is 11.7 Å². The Labute approximate surface area is 183 Å². The number of anilines is 1. The Morgan fingerprint density at radius 2 is 1.72 bits per heavy atom. The molecule has 4 rings (SSSR count). The predicted molar refractivity (Wildman–Crippen MR) is 110 cm³/mol. The van der Waals surface area contributed by atoms with Gasteiger partial charge in [0.05, 0.1) is 17.7 Å². The molecule has 0 radical (unpaired) electrons. The lowest BCUT2D eigenvalue weighted by Crippen LogP contribution is -2.54. The number of fused-ring (bicyclic) bond motifs is 1. The topological polar surface area (TPSA) is 159 Å². The second kappa shape index (κ2) is 8.50. The molecule has 4 N–H and O–H groups in total. The number of benzene rings is 1. The number of rotatable bonds is 5. The SMILES string of the molecule is NC(=O)C1CCN(CC(=O)Nc2ccc3c(c2)C(=O)N(C2CCC(=O)NC2=O)C3=O)CC1. The van der Waals surface area contributed by atoms with Crippen molar-refractivity contribution in [3.05, 3.63) is 29.3 Å². The molecule has 0 aliphatic carbocycles. The maximum Gasteiger partial charge on any atom is 0.262 e. The van der Waals surface area contributed by atoms with E-state index in [1.807, 2.05) is 4.90 Å². The molecule has 2 fully saturated rings. The van der Waals surface area contributed by atoms with E-state index < -0.39 is 29.7 Å². The van der Waals surface area contributed by atoms with Crippen LogP contribution in [-0.4, -0.2) is 70.9 Å². The molecule has 0 bridgehead atoms. The van der Waals surface area contributed by atoms with E-state index in [0.717, 1.165) is 4.90 Å². The zero-order valence-corrected chi connectivity index (χ0v) is 17.3. The Bertz CT molecular complexity index is 1030. The van der Waals surface area contributed by atoms with Crippen LogP contribution in [-0.2, 0) is 19.2 Å². The predicted octanol–water partition coefficient (Wildman–Crippen LogP) is -0.776. The van der Waals surface area contributed by atoms with E-state index in [1.165, 1.54) is 18.2 Å². The Hall–Kier alpha value is -3.60. The summed E-state index contributed by atoms with van der Waals surface area (Å²) in [5.74, 6) is -3.13. The number of hydrogen-bond donors (Lipinski definition) is 3.